The average molecular weight is 250 g/mol. The third-order valence-corrected chi connectivity index (χ3v) is 2.01. The van der Waals surface area contributed by atoms with Crippen LogP contribution in [0.2, 0.25) is 0 Å². The van der Waals surface area contributed by atoms with E-state index in [1.54, 1.807) is 0 Å². The maximum absolute atomic E-state index is 10.2. The summed E-state index contributed by atoms with van der Waals surface area (Å²) in [5.74, 6) is 0. The topological polar surface area (TPSA) is 74.2 Å². The average Bonchev–Trinajstić information content (AvgIpc) is 2.31. The minimum Gasteiger partial charge on any atom is -0.450 e. The van der Waals surface area contributed by atoms with Crippen LogP contribution in [-0.2, 0) is 18.9 Å². The number of carboxylic acid groups (broad SMARTS) is 1. The Kier molecular flexibility index (Phi) is 11.0. The molecular weight excluding hydrogens is 228 g/mol. The molecule has 0 spiro atoms. The van der Waals surface area contributed by atoms with Crippen LogP contribution in [0.15, 0.2) is 0 Å². The Labute approximate surface area is 102 Å². The second-order valence-corrected chi connectivity index (χ2v) is 3.29. The highest BCUT2D eigenvalue weighted by Gasteiger charge is 2.09. The van der Waals surface area contributed by atoms with E-state index in [9.17, 15) is 4.79 Å². The number of hydrogen-bond acceptors (Lipinski definition) is 5. The fraction of sp³-hybridized carbons (Fsp3) is 0.909. The highest BCUT2D eigenvalue weighted by atomic mass is 16.7. The lowest BCUT2D eigenvalue weighted by atomic mass is 10.3. The smallest absolute Gasteiger partial charge is 0.450 e. The zero-order chi connectivity index (χ0) is 12.9. The van der Waals surface area contributed by atoms with E-state index in [1.165, 1.54) is 0 Å². The van der Waals surface area contributed by atoms with Crippen molar-refractivity contribution in [2.24, 2.45) is 0 Å². The first kappa shape index (κ1) is 16.1. The molecule has 0 aliphatic rings. The fourth-order valence-electron chi connectivity index (χ4n) is 1.09. The van der Waals surface area contributed by atoms with E-state index in [4.69, 9.17) is 19.3 Å². The maximum atomic E-state index is 10.2. The minimum atomic E-state index is -1.28. The SMILES string of the molecule is CCOCCOCCOC(CC)COC(=O)O. The van der Waals surface area contributed by atoms with E-state index >= 15 is 0 Å². The van der Waals surface area contributed by atoms with E-state index in [0.29, 0.717) is 39.5 Å². The van der Waals surface area contributed by atoms with Crippen molar-refractivity contribution in [3.8, 4) is 0 Å². The van der Waals surface area contributed by atoms with Crippen molar-refractivity contribution in [3.05, 3.63) is 0 Å². The van der Waals surface area contributed by atoms with Crippen molar-refractivity contribution in [2.45, 2.75) is 26.4 Å². The molecule has 17 heavy (non-hydrogen) atoms. The van der Waals surface area contributed by atoms with Gasteiger partial charge in [0.2, 0.25) is 0 Å². The summed E-state index contributed by atoms with van der Waals surface area (Å²) in [5.41, 5.74) is 0. The van der Waals surface area contributed by atoms with Crippen molar-refractivity contribution in [1.29, 1.82) is 0 Å². The summed E-state index contributed by atoms with van der Waals surface area (Å²) < 4.78 is 20.2. The fourth-order valence-corrected chi connectivity index (χ4v) is 1.09. The van der Waals surface area contributed by atoms with Gasteiger partial charge in [0.05, 0.1) is 32.5 Å². The molecule has 0 saturated carbocycles. The molecular formula is C11H22O6. The van der Waals surface area contributed by atoms with Gasteiger partial charge < -0.3 is 24.1 Å². The van der Waals surface area contributed by atoms with E-state index < -0.39 is 6.16 Å². The molecule has 0 saturated heterocycles. The van der Waals surface area contributed by atoms with Gasteiger partial charge in [-0.05, 0) is 13.3 Å². The molecule has 6 nitrogen and oxygen atoms in total. The third kappa shape index (κ3) is 11.4. The summed E-state index contributed by atoms with van der Waals surface area (Å²) in [6, 6.07) is 0. The predicted octanol–water partition coefficient (Wildman–Crippen LogP) is 1.53. The number of rotatable bonds is 11. The van der Waals surface area contributed by atoms with Gasteiger partial charge in [0.15, 0.2) is 0 Å². The van der Waals surface area contributed by atoms with Crippen LogP contribution in [0.1, 0.15) is 20.3 Å². The van der Waals surface area contributed by atoms with Crippen LogP contribution in [0.3, 0.4) is 0 Å². The van der Waals surface area contributed by atoms with E-state index in [0.717, 1.165) is 0 Å². The van der Waals surface area contributed by atoms with Crippen LogP contribution in [0.4, 0.5) is 4.79 Å². The molecule has 0 fully saturated rings. The van der Waals surface area contributed by atoms with Crippen molar-refractivity contribution in [2.75, 3.05) is 39.6 Å². The maximum Gasteiger partial charge on any atom is 0.505 e. The van der Waals surface area contributed by atoms with Gasteiger partial charge in [-0.2, -0.15) is 0 Å². The molecule has 0 rings (SSSR count). The van der Waals surface area contributed by atoms with Gasteiger partial charge in [-0.1, -0.05) is 6.92 Å². The number of carbonyl (C=O) groups is 1. The molecule has 0 aromatic rings. The van der Waals surface area contributed by atoms with Crippen LogP contribution < -0.4 is 0 Å². The van der Waals surface area contributed by atoms with Crippen LogP contribution in [0.25, 0.3) is 0 Å². The molecule has 6 heteroatoms. The van der Waals surface area contributed by atoms with Crippen LogP contribution in [-0.4, -0.2) is 57.0 Å². The first-order valence-corrected chi connectivity index (χ1v) is 5.83. The highest BCUT2D eigenvalue weighted by Crippen LogP contribution is 1.99. The lowest BCUT2D eigenvalue weighted by Crippen LogP contribution is -2.23. The van der Waals surface area contributed by atoms with Gasteiger partial charge >= 0.3 is 6.16 Å². The van der Waals surface area contributed by atoms with Crippen LogP contribution >= 0.6 is 0 Å². The summed E-state index contributed by atoms with van der Waals surface area (Å²) in [4.78, 5) is 10.2. The van der Waals surface area contributed by atoms with Gasteiger partial charge in [0.1, 0.15) is 6.61 Å². The van der Waals surface area contributed by atoms with E-state index in [-0.39, 0.29) is 12.7 Å². The standard InChI is InChI=1S/C11H22O6/c1-3-10(9-17-11(12)13)16-8-7-15-6-5-14-4-2/h10H,3-9H2,1-2H3,(H,12,13). The summed E-state index contributed by atoms with van der Waals surface area (Å²) in [6.07, 6.45) is -0.784. The largest absolute Gasteiger partial charge is 0.505 e. The summed E-state index contributed by atoms with van der Waals surface area (Å²) in [5, 5.41) is 8.33. The van der Waals surface area contributed by atoms with E-state index in [1.807, 2.05) is 13.8 Å². The predicted molar refractivity (Wildman–Crippen MR) is 61.3 cm³/mol. The van der Waals surface area contributed by atoms with Gasteiger partial charge in [-0.15, -0.1) is 0 Å². The molecule has 0 aliphatic heterocycles. The molecule has 0 heterocycles. The molecule has 0 aromatic carbocycles. The Morgan fingerprint density at radius 2 is 1.76 bits per heavy atom. The molecule has 1 N–H and O–H groups in total. The van der Waals surface area contributed by atoms with Gasteiger partial charge in [-0.25, -0.2) is 4.79 Å². The zero-order valence-electron chi connectivity index (χ0n) is 10.5. The molecule has 102 valence electrons. The Hall–Kier alpha value is -0.850. The molecule has 1 atom stereocenters. The monoisotopic (exact) mass is 250 g/mol. The van der Waals surface area contributed by atoms with Crippen molar-refractivity contribution in [1.82, 2.24) is 0 Å². The Morgan fingerprint density at radius 3 is 2.35 bits per heavy atom. The lowest BCUT2D eigenvalue weighted by Gasteiger charge is -2.15. The van der Waals surface area contributed by atoms with Gasteiger partial charge in [0, 0.05) is 6.61 Å². The van der Waals surface area contributed by atoms with E-state index in [2.05, 4.69) is 4.74 Å². The second kappa shape index (κ2) is 11.6. The summed E-state index contributed by atoms with van der Waals surface area (Å²) in [6.45, 7) is 6.60. The van der Waals surface area contributed by atoms with Gasteiger partial charge in [0.25, 0.3) is 0 Å². The van der Waals surface area contributed by atoms with Gasteiger partial charge in [-0.3, -0.25) is 0 Å². The molecule has 0 aromatic heterocycles. The van der Waals surface area contributed by atoms with Crippen LogP contribution in [0, 0.1) is 0 Å². The molecule has 1 unspecified atom stereocenters. The normalized spacial score (nSPS) is 12.4. The Balaban J connectivity index is 3.34. The number of ether oxygens (including phenoxy) is 4. The Morgan fingerprint density at radius 1 is 1.12 bits per heavy atom. The quantitative estimate of drug-likeness (QED) is 0.443. The van der Waals surface area contributed by atoms with Crippen LogP contribution in [0.5, 0.6) is 0 Å². The van der Waals surface area contributed by atoms with Crippen molar-refractivity contribution < 1.29 is 28.8 Å². The molecule has 0 amide bonds. The molecule has 0 aliphatic carbocycles. The van der Waals surface area contributed by atoms with Crippen molar-refractivity contribution >= 4 is 6.16 Å². The highest BCUT2D eigenvalue weighted by molar-refractivity contribution is 5.56. The Bertz CT molecular complexity index is 185. The third-order valence-electron chi connectivity index (χ3n) is 2.01. The zero-order valence-corrected chi connectivity index (χ0v) is 10.5. The molecule has 0 bridgehead atoms. The first-order chi connectivity index (χ1) is 8.20. The minimum absolute atomic E-state index is 0.0603. The number of hydrogen-bond donors (Lipinski definition) is 1. The summed E-state index contributed by atoms with van der Waals surface area (Å²) >= 11 is 0. The van der Waals surface area contributed by atoms with Crippen molar-refractivity contribution in [3.63, 3.8) is 0 Å². The second-order valence-electron chi connectivity index (χ2n) is 3.29. The first-order valence-electron chi connectivity index (χ1n) is 5.83. The molecule has 0 radical (unpaired) electrons. The summed E-state index contributed by atoms with van der Waals surface area (Å²) in [7, 11) is 0. The lowest BCUT2D eigenvalue weighted by molar-refractivity contribution is -0.0373.